The maximum Gasteiger partial charge on any atom is 0.248 e. The average Bonchev–Trinajstić information content (AvgIpc) is 2.39. The van der Waals surface area contributed by atoms with Gasteiger partial charge in [-0.1, -0.05) is 13.0 Å². The van der Waals surface area contributed by atoms with Gasteiger partial charge in [0.15, 0.2) is 0 Å². The van der Waals surface area contributed by atoms with Crippen LogP contribution in [0.25, 0.3) is 0 Å². The summed E-state index contributed by atoms with van der Waals surface area (Å²) in [5.41, 5.74) is 5.77. The van der Waals surface area contributed by atoms with Gasteiger partial charge in [-0.15, -0.1) is 0 Å². The van der Waals surface area contributed by atoms with Gasteiger partial charge in [-0.05, 0) is 37.4 Å². The first kappa shape index (κ1) is 15.6. The fraction of sp³-hybridized carbons (Fsp3) is 0.500. The van der Waals surface area contributed by atoms with E-state index in [-0.39, 0.29) is 12.2 Å². The maximum atomic E-state index is 13.6. The number of primary amides is 1. The summed E-state index contributed by atoms with van der Waals surface area (Å²) in [5.74, 6) is -0.752. The first-order valence-electron chi connectivity index (χ1n) is 6.44. The van der Waals surface area contributed by atoms with Gasteiger partial charge in [0.1, 0.15) is 5.82 Å². The van der Waals surface area contributed by atoms with E-state index in [4.69, 9.17) is 10.8 Å². The molecule has 1 rings (SSSR count). The molecule has 0 saturated heterocycles. The molecule has 1 unspecified atom stereocenters. The number of rotatable bonds is 8. The molecule has 106 valence electrons. The lowest BCUT2D eigenvalue weighted by Gasteiger charge is -2.09. The number of aliphatic hydroxyl groups excluding tert-OH is 1. The third kappa shape index (κ3) is 5.36. The zero-order valence-electron chi connectivity index (χ0n) is 11.2. The Bertz CT molecular complexity index is 424. The molecule has 0 radical (unpaired) electrons. The van der Waals surface area contributed by atoms with E-state index in [1.165, 1.54) is 6.07 Å². The minimum absolute atomic E-state index is 0.179. The van der Waals surface area contributed by atoms with E-state index < -0.39 is 11.7 Å². The van der Waals surface area contributed by atoms with Crippen LogP contribution in [-0.2, 0) is 6.54 Å². The van der Waals surface area contributed by atoms with Gasteiger partial charge in [-0.2, -0.15) is 0 Å². The number of nitrogens with one attached hydrogen (secondary N) is 1. The van der Waals surface area contributed by atoms with Crippen LogP contribution in [-0.4, -0.2) is 24.2 Å². The fourth-order valence-corrected chi connectivity index (χ4v) is 1.73. The van der Waals surface area contributed by atoms with Gasteiger partial charge in [-0.3, -0.25) is 4.79 Å². The first-order chi connectivity index (χ1) is 9.04. The highest BCUT2D eigenvalue weighted by atomic mass is 19.1. The molecule has 0 aromatic heterocycles. The Kier molecular flexibility index (Phi) is 6.45. The van der Waals surface area contributed by atoms with Crippen molar-refractivity contribution in [3.05, 3.63) is 35.1 Å². The smallest absolute Gasteiger partial charge is 0.248 e. The predicted octanol–water partition coefficient (Wildman–Crippen LogP) is 1.42. The molecular weight excluding hydrogens is 247 g/mol. The van der Waals surface area contributed by atoms with Crippen LogP contribution in [0.1, 0.15) is 35.7 Å². The van der Waals surface area contributed by atoms with Gasteiger partial charge in [-0.25, -0.2) is 4.39 Å². The molecule has 1 amide bonds. The summed E-state index contributed by atoms with van der Waals surface area (Å²) in [6, 6.07) is 4.25. The molecule has 0 aliphatic heterocycles. The first-order valence-corrected chi connectivity index (χ1v) is 6.44. The molecule has 4 nitrogen and oxygen atoms in total. The van der Waals surface area contributed by atoms with Gasteiger partial charge in [0.05, 0.1) is 0 Å². The number of amides is 1. The lowest BCUT2D eigenvalue weighted by Crippen LogP contribution is -2.17. The van der Waals surface area contributed by atoms with Crippen molar-refractivity contribution < 1.29 is 14.3 Å². The van der Waals surface area contributed by atoms with Crippen molar-refractivity contribution in [2.45, 2.75) is 26.3 Å². The second-order valence-electron chi connectivity index (χ2n) is 4.78. The van der Waals surface area contributed by atoms with Crippen LogP contribution in [0.2, 0.25) is 0 Å². The summed E-state index contributed by atoms with van der Waals surface area (Å²) < 4.78 is 13.6. The van der Waals surface area contributed by atoms with E-state index in [2.05, 4.69) is 5.32 Å². The highest BCUT2D eigenvalue weighted by molar-refractivity contribution is 5.92. The predicted molar refractivity (Wildman–Crippen MR) is 72.1 cm³/mol. The number of hydrogen-bond acceptors (Lipinski definition) is 3. The standard InChI is InChI=1S/C14H21FN2O2/c1-10(9-18)3-2-6-17-8-12-5-4-11(14(16)19)7-13(12)15/h4-5,7,10,17-18H,2-3,6,8-9H2,1H3,(H2,16,19). The summed E-state index contributed by atoms with van der Waals surface area (Å²) in [4.78, 5) is 10.9. The Morgan fingerprint density at radius 1 is 1.53 bits per heavy atom. The molecule has 5 heteroatoms. The molecule has 0 aliphatic rings. The van der Waals surface area contributed by atoms with Crippen molar-refractivity contribution in [2.75, 3.05) is 13.2 Å². The number of carbonyl (C=O) groups excluding carboxylic acids is 1. The van der Waals surface area contributed by atoms with Crippen molar-refractivity contribution >= 4 is 5.91 Å². The van der Waals surface area contributed by atoms with E-state index in [0.717, 1.165) is 25.5 Å². The molecule has 1 aromatic carbocycles. The molecule has 1 aromatic rings. The van der Waals surface area contributed by atoms with Crippen LogP contribution >= 0.6 is 0 Å². The minimum atomic E-state index is -0.628. The zero-order chi connectivity index (χ0) is 14.3. The second kappa shape index (κ2) is 7.86. The number of benzene rings is 1. The van der Waals surface area contributed by atoms with Crippen LogP contribution < -0.4 is 11.1 Å². The number of hydrogen-bond donors (Lipinski definition) is 3. The van der Waals surface area contributed by atoms with E-state index in [0.29, 0.717) is 18.0 Å². The van der Waals surface area contributed by atoms with Crippen LogP contribution in [0.4, 0.5) is 4.39 Å². The van der Waals surface area contributed by atoms with Gasteiger partial charge in [0.25, 0.3) is 0 Å². The highest BCUT2D eigenvalue weighted by Gasteiger charge is 2.06. The maximum absolute atomic E-state index is 13.6. The van der Waals surface area contributed by atoms with Crippen molar-refractivity contribution in [2.24, 2.45) is 11.7 Å². The molecular formula is C14H21FN2O2. The normalized spacial score (nSPS) is 12.4. The van der Waals surface area contributed by atoms with E-state index in [9.17, 15) is 9.18 Å². The Morgan fingerprint density at radius 2 is 2.26 bits per heavy atom. The Morgan fingerprint density at radius 3 is 2.84 bits per heavy atom. The van der Waals surface area contributed by atoms with E-state index in [1.807, 2.05) is 6.92 Å². The zero-order valence-corrected chi connectivity index (χ0v) is 11.2. The van der Waals surface area contributed by atoms with Crippen LogP contribution in [0, 0.1) is 11.7 Å². The molecule has 0 heterocycles. The van der Waals surface area contributed by atoms with Crippen LogP contribution in [0.3, 0.4) is 0 Å². The highest BCUT2D eigenvalue weighted by Crippen LogP contribution is 2.10. The third-order valence-corrected chi connectivity index (χ3v) is 3.02. The van der Waals surface area contributed by atoms with E-state index >= 15 is 0 Å². The molecule has 4 N–H and O–H groups in total. The second-order valence-corrected chi connectivity index (χ2v) is 4.78. The van der Waals surface area contributed by atoms with E-state index in [1.54, 1.807) is 6.07 Å². The fourth-order valence-electron chi connectivity index (χ4n) is 1.73. The summed E-state index contributed by atoms with van der Waals surface area (Å²) in [6.45, 7) is 3.37. The Hall–Kier alpha value is -1.46. The lowest BCUT2D eigenvalue weighted by molar-refractivity contribution is 0.1000. The van der Waals surface area contributed by atoms with Gasteiger partial charge in [0.2, 0.25) is 5.91 Å². The molecule has 0 saturated carbocycles. The summed E-state index contributed by atoms with van der Waals surface area (Å²) in [7, 11) is 0. The van der Waals surface area contributed by atoms with Crippen molar-refractivity contribution in [1.29, 1.82) is 0 Å². The minimum Gasteiger partial charge on any atom is -0.396 e. The SMILES string of the molecule is CC(CO)CCCNCc1ccc(C(N)=O)cc1F. The number of carbonyl (C=O) groups is 1. The number of nitrogens with two attached hydrogens (primary N) is 1. The monoisotopic (exact) mass is 268 g/mol. The summed E-state index contributed by atoms with van der Waals surface area (Å²) in [6.07, 6.45) is 1.87. The quantitative estimate of drug-likeness (QED) is 0.624. The third-order valence-electron chi connectivity index (χ3n) is 3.02. The molecule has 0 spiro atoms. The Labute approximate surface area is 112 Å². The average molecular weight is 268 g/mol. The van der Waals surface area contributed by atoms with Crippen molar-refractivity contribution in [3.8, 4) is 0 Å². The molecule has 19 heavy (non-hydrogen) atoms. The number of aliphatic hydroxyl groups is 1. The molecule has 1 atom stereocenters. The lowest BCUT2D eigenvalue weighted by atomic mass is 10.1. The van der Waals surface area contributed by atoms with Crippen molar-refractivity contribution in [3.63, 3.8) is 0 Å². The molecule has 0 fully saturated rings. The van der Waals surface area contributed by atoms with Gasteiger partial charge >= 0.3 is 0 Å². The largest absolute Gasteiger partial charge is 0.396 e. The Balaban J connectivity index is 2.35. The number of halogens is 1. The summed E-state index contributed by atoms with van der Waals surface area (Å²) in [5, 5.41) is 12.0. The van der Waals surface area contributed by atoms with Gasteiger partial charge < -0.3 is 16.2 Å². The topological polar surface area (TPSA) is 75.3 Å². The summed E-state index contributed by atoms with van der Waals surface area (Å²) >= 11 is 0. The van der Waals surface area contributed by atoms with Crippen LogP contribution in [0.15, 0.2) is 18.2 Å². The molecule has 0 bridgehead atoms. The molecule has 0 aliphatic carbocycles. The van der Waals surface area contributed by atoms with Crippen LogP contribution in [0.5, 0.6) is 0 Å². The van der Waals surface area contributed by atoms with Gasteiger partial charge in [0, 0.05) is 24.3 Å². The van der Waals surface area contributed by atoms with Crippen molar-refractivity contribution in [1.82, 2.24) is 5.32 Å².